The molecular weight excluding hydrogens is 270 g/mol. The van der Waals surface area contributed by atoms with Crippen molar-refractivity contribution in [2.45, 2.75) is 53.1 Å². The molecule has 0 radical (unpaired) electrons. The molecule has 0 saturated heterocycles. The van der Waals surface area contributed by atoms with Crippen molar-refractivity contribution >= 4 is 17.6 Å². The van der Waals surface area contributed by atoms with Gasteiger partial charge in [-0.3, -0.25) is 14.4 Å². The van der Waals surface area contributed by atoms with Gasteiger partial charge in [0, 0.05) is 32.0 Å². The van der Waals surface area contributed by atoms with E-state index in [0.29, 0.717) is 19.0 Å². The summed E-state index contributed by atoms with van der Waals surface area (Å²) in [6.45, 7) is 9.82. The number of nitrogens with zero attached hydrogens (tertiary/aromatic N) is 1. The van der Waals surface area contributed by atoms with Crippen LogP contribution >= 0.6 is 0 Å². The Kier molecular flexibility index (Phi) is 8.85. The molecule has 1 atom stereocenters. The third kappa shape index (κ3) is 8.45. The summed E-state index contributed by atoms with van der Waals surface area (Å²) in [4.78, 5) is 36.7. The molecule has 6 heteroatoms. The van der Waals surface area contributed by atoms with Gasteiger partial charge in [0.1, 0.15) is 0 Å². The van der Waals surface area contributed by atoms with Crippen LogP contribution in [0.1, 0.15) is 41.0 Å². The number of hydrogen-bond acceptors (Lipinski definition) is 4. The van der Waals surface area contributed by atoms with Crippen LogP contribution in [0.2, 0.25) is 0 Å². The van der Waals surface area contributed by atoms with E-state index in [0.717, 1.165) is 0 Å². The number of hydrogen-bond donors (Lipinski definition) is 2. The maximum absolute atomic E-state index is 11.8. The van der Waals surface area contributed by atoms with Gasteiger partial charge in [-0.1, -0.05) is 27.7 Å². The zero-order valence-electron chi connectivity index (χ0n) is 14.0. The molecule has 2 amide bonds. The van der Waals surface area contributed by atoms with E-state index >= 15 is 0 Å². The molecule has 0 rings (SSSR count). The Balaban J connectivity index is 4.14. The Labute approximate surface area is 127 Å². The molecule has 6 nitrogen and oxygen atoms in total. The Hall–Kier alpha value is -1.43. The minimum absolute atomic E-state index is 0.0153. The molecule has 0 aromatic heterocycles. The van der Waals surface area contributed by atoms with E-state index in [1.807, 2.05) is 13.8 Å². The molecule has 0 aromatic rings. The van der Waals surface area contributed by atoms with Gasteiger partial charge in [-0.25, -0.2) is 0 Å². The van der Waals surface area contributed by atoms with Crippen molar-refractivity contribution in [2.24, 2.45) is 5.92 Å². The van der Waals surface area contributed by atoms with Crippen molar-refractivity contribution in [3.05, 3.63) is 0 Å². The second-order valence-corrected chi connectivity index (χ2v) is 5.95. The van der Waals surface area contributed by atoms with Gasteiger partial charge in [-0.05, 0) is 6.92 Å². The second kappa shape index (κ2) is 9.50. The highest BCUT2D eigenvalue weighted by molar-refractivity contribution is 5.91. The van der Waals surface area contributed by atoms with E-state index in [4.69, 9.17) is 0 Å². The first kappa shape index (κ1) is 19.6. The maximum atomic E-state index is 11.8. The van der Waals surface area contributed by atoms with E-state index in [1.54, 1.807) is 27.8 Å². The van der Waals surface area contributed by atoms with E-state index in [1.165, 1.54) is 4.90 Å². The zero-order valence-corrected chi connectivity index (χ0v) is 14.0. The van der Waals surface area contributed by atoms with Crippen molar-refractivity contribution in [1.29, 1.82) is 0 Å². The SMILES string of the molecule is CC(C)NCCC(=O)N(C)CC(=O)N[C@@H](C)C(=O)C(C)C. The molecule has 21 heavy (non-hydrogen) atoms. The number of nitrogens with one attached hydrogen (secondary N) is 2. The molecule has 0 aliphatic rings. The van der Waals surface area contributed by atoms with Gasteiger partial charge in [0.2, 0.25) is 11.8 Å². The first-order chi connectivity index (χ1) is 9.65. The molecule has 0 aliphatic heterocycles. The first-order valence-corrected chi connectivity index (χ1v) is 7.45. The average molecular weight is 299 g/mol. The Morgan fingerprint density at radius 1 is 1.05 bits per heavy atom. The van der Waals surface area contributed by atoms with Crippen LogP contribution < -0.4 is 10.6 Å². The lowest BCUT2D eigenvalue weighted by Gasteiger charge is -2.20. The molecular formula is C15H29N3O3. The topological polar surface area (TPSA) is 78.5 Å². The molecule has 0 saturated carbocycles. The fourth-order valence-electron chi connectivity index (χ4n) is 1.82. The lowest BCUT2D eigenvalue weighted by atomic mass is 10.0. The van der Waals surface area contributed by atoms with Crippen LogP contribution in [0.15, 0.2) is 0 Å². The quantitative estimate of drug-likeness (QED) is 0.652. The number of likely N-dealkylation sites (N-methyl/N-ethyl adjacent to an activating group) is 1. The number of rotatable bonds is 9. The smallest absolute Gasteiger partial charge is 0.240 e. The van der Waals surface area contributed by atoms with Gasteiger partial charge in [-0.15, -0.1) is 0 Å². The molecule has 0 aliphatic carbocycles. The van der Waals surface area contributed by atoms with Crippen LogP contribution in [-0.4, -0.2) is 54.7 Å². The minimum atomic E-state index is -0.524. The summed E-state index contributed by atoms with van der Waals surface area (Å²) < 4.78 is 0. The lowest BCUT2D eigenvalue weighted by molar-refractivity contribution is -0.135. The van der Waals surface area contributed by atoms with Gasteiger partial charge in [0.05, 0.1) is 12.6 Å². The van der Waals surface area contributed by atoms with Gasteiger partial charge < -0.3 is 15.5 Å². The highest BCUT2D eigenvalue weighted by Crippen LogP contribution is 1.99. The maximum Gasteiger partial charge on any atom is 0.240 e. The van der Waals surface area contributed by atoms with E-state index < -0.39 is 6.04 Å². The van der Waals surface area contributed by atoms with Crippen molar-refractivity contribution in [3.8, 4) is 0 Å². The third-order valence-electron chi connectivity index (χ3n) is 3.07. The van der Waals surface area contributed by atoms with Crippen LogP contribution in [-0.2, 0) is 14.4 Å². The number of amides is 2. The summed E-state index contributed by atoms with van der Waals surface area (Å²) in [7, 11) is 1.59. The summed E-state index contributed by atoms with van der Waals surface area (Å²) in [6, 6.07) is -0.196. The van der Waals surface area contributed by atoms with Gasteiger partial charge in [0.15, 0.2) is 5.78 Å². The van der Waals surface area contributed by atoms with E-state index in [-0.39, 0.29) is 30.1 Å². The van der Waals surface area contributed by atoms with Crippen LogP contribution in [0.25, 0.3) is 0 Å². The number of carbonyl (C=O) groups excluding carboxylic acids is 3. The summed E-state index contributed by atoms with van der Waals surface area (Å²) >= 11 is 0. The van der Waals surface area contributed by atoms with Crippen molar-refractivity contribution in [2.75, 3.05) is 20.1 Å². The third-order valence-corrected chi connectivity index (χ3v) is 3.07. The van der Waals surface area contributed by atoms with E-state index in [2.05, 4.69) is 10.6 Å². The Morgan fingerprint density at radius 2 is 1.62 bits per heavy atom. The Morgan fingerprint density at radius 3 is 2.10 bits per heavy atom. The zero-order chi connectivity index (χ0) is 16.6. The average Bonchev–Trinajstić information content (AvgIpc) is 2.36. The predicted octanol–water partition coefficient (Wildman–Crippen LogP) is 0.563. The molecule has 0 unspecified atom stereocenters. The van der Waals surface area contributed by atoms with Crippen molar-refractivity contribution in [3.63, 3.8) is 0 Å². The molecule has 0 spiro atoms. The normalized spacial score (nSPS) is 12.4. The van der Waals surface area contributed by atoms with Crippen LogP contribution in [0.4, 0.5) is 0 Å². The summed E-state index contributed by atoms with van der Waals surface area (Å²) in [5.41, 5.74) is 0. The van der Waals surface area contributed by atoms with Crippen molar-refractivity contribution in [1.82, 2.24) is 15.5 Å². The number of ketones is 1. The summed E-state index contributed by atoms with van der Waals surface area (Å²) in [5, 5.41) is 5.77. The highest BCUT2D eigenvalue weighted by atomic mass is 16.2. The Bertz CT molecular complexity index is 367. The van der Waals surface area contributed by atoms with Crippen LogP contribution in [0.5, 0.6) is 0 Å². The molecule has 0 fully saturated rings. The standard InChI is InChI=1S/C15H29N3O3/c1-10(2)15(21)12(5)17-13(19)9-18(6)14(20)7-8-16-11(3)4/h10-12,16H,7-9H2,1-6H3,(H,17,19)/t12-/m0/s1. The molecule has 2 N–H and O–H groups in total. The van der Waals surface area contributed by atoms with Gasteiger partial charge >= 0.3 is 0 Å². The fourth-order valence-corrected chi connectivity index (χ4v) is 1.82. The molecule has 0 bridgehead atoms. The largest absolute Gasteiger partial charge is 0.345 e. The summed E-state index contributed by atoms with van der Waals surface area (Å²) in [5.74, 6) is -0.550. The number of carbonyl (C=O) groups is 3. The monoisotopic (exact) mass is 299 g/mol. The minimum Gasteiger partial charge on any atom is -0.345 e. The van der Waals surface area contributed by atoms with Gasteiger partial charge in [-0.2, -0.15) is 0 Å². The molecule has 0 heterocycles. The second-order valence-electron chi connectivity index (χ2n) is 5.95. The van der Waals surface area contributed by atoms with Crippen molar-refractivity contribution < 1.29 is 14.4 Å². The highest BCUT2D eigenvalue weighted by Gasteiger charge is 2.20. The van der Waals surface area contributed by atoms with Gasteiger partial charge in [0.25, 0.3) is 0 Å². The summed E-state index contributed by atoms with van der Waals surface area (Å²) in [6.07, 6.45) is 0.350. The predicted molar refractivity (Wildman–Crippen MR) is 82.8 cm³/mol. The van der Waals surface area contributed by atoms with Crippen LogP contribution in [0.3, 0.4) is 0 Å². The number of Topliss-reactive ketones (excluding diaryl/α,β-unsaturated/α-hetero) is 1. The molecule has 0 aromatic carbocycles. The first-order valence-electron chi connectivity index (χ1n) is 7.45. The van der Waals surface area contributed by atoms with E-state index in [9.17, 15) is 14.4 Å². The van der Waals surface area contributed by atoms with Crippen LogP contribution in [0, 0.1) is 5.92 Å². The molecule has 122 valence electrons. The lowest BCUT2D eigenvalue weighted by Crippen LogP contribution is -2.45. The fraction of sp³-hybridized carbons (Fsp3) is 0.800.